The first-order valence-electron chi connectivity index (χ1n) is 7.10. The maximum atomic E-state index is 12.0. The summed E-state index contributed by atoms with van der Waals surface area (Å²) >= 11 is 0. The van der Waals surface area contributed by atoms with Gasteiger partial charge in [0.15, 0.2) is 5.82 Å². The monoisotopic (exact) mass is 322 g/mol. The summed E-state index contributed by atoms with van der Waals surface area (Å²) in [5.41, 5.74) is 1.93. The van der Waals surface area contributed by atoms with E-state index in [0.717, 1.165) is 30.8 Å². The van der Waals surface area contributed by atoms with Crippen LogP contribution in [0.4, 0.5) is 5.69 Å². The van der Waals surface area contributed by atoms with Crippen LogP contribution < -0.4 is 10.6 Å². The Bertz CT molecular complexity index is 621. The number of halogens is 1. The number of carbonyl (C=O) groups excluding carboxylic acids is 1. The van der Waals surface area contributed by atoms with Crippen molar-refractivity contribution in [2.24, 2.45) is 0 Å². The molecule has 6 nitrogen and oxygen atoms in total. The molecule has 0 aliphatic carbocycles. The van der Waals surface area contributed by atoms with E-state index in [4.69, 9.17) is 4.52 Å². The molecule has 0 bridgehead atoms. The van der Waals surface area contributed by atoms with Gasteiger partial charge in [0, 0.05) is 12.2 Å². The van der Waals surface area contributed by atoms with E-state index in [-0.39, 0.29) is 30.7 Å². The van der Waals surface area contributed by atoms with Crippen molar-refractivity contribution in [1.82, 2.24) is 15.5 Å². The van der Waals surface area contributed by atoms with Gasteiger partial charge < -0.3 is 15.2 Å². The highest BCUT2D eigenvalue weighted by Gasteiger charge is 2.23. The Hall–Kier alpha value is -1.92. The molecule has 1 aliphatic rings. The lowest BCUT2D eigenvalue weighted by atomic mass is 10.1. The summed E-state index contributed by atoms with van der Waals surface area (Å²) in [5.74, 6) is 1.18. The van der Waals surface area contributed by atoms with Crippen LogP contribution in [0.3, 0.4) is 0 Å². The number of hydrogen-bond acceptors (Lipinski definition) is 5. The molecular weight excluding hydrogens is 304 g/mol. The average Bonchev–Trinajstić information content (AvgIpc) is 3.12. The van der Waals surface area contributed by atoms with Crippen LogP contribution in [-0.4, -0.2) is 29.1 Å². The van der Waals surface area contributed by atoms with E-state index in [9.17, 15) is 4.79 Å². The quantitative estimate of drug-likeness (QED) is 0.900. The Labute approximate surface area is 135 Å². The minimum absolute atomic E-state index is 0. The molecule has 2 aromatic rings. The van der Waals surface area contributed by atoms with Crippen molar-refractivity contribution < 1.29 is 9.32 Å². The number of amides is 1. The molecule has 7 heteroatoms. The van der Waals surface area contributed by atoms with Crippen LogP contribution in [-0.2, 0) is 11.2 Å². The zero-order valence-electron chi connectivity index (χ0n) is 12.3. The highest BCUT2D eigenvalue weighted by molar-refractivity contribution is 5.91. The second kappa shape index (κ2) is 7.38. The molecule has 2 heterocycles. The van der Waals surface area contributed by atoms with Gasteiger partial charge in [-0.3, -0.25) is 4.79 Å². The lowest BCUT2D eigenvalue weighted by molar-refractivity contribution is -0.115. The van der Waals surface area contributed by atoms with Crippen molar-refractivity contribution >= 4 is 24.0 Å². The Morgan fingerprint density at radius 2 is 2.18 bits per heavy atom. The predicted molar refractivity (Wildman–Crippen MR) is 85.3 cm³/mol. The number of aryl methyl sites for hydroxylation is 1. The maximum absolute atomic E-state index is 12.0. The maximum Gasteiger partial charge on any atom is 0.232 e. The first-order chi connectivity index (χ1) is 10.2. The third-order valence-corrected chi connectivity index (χ3v) is 3.55. The van der Waals surface area contributed by atoms with Gasteiger partial charge in [-0.2, -0.15) is 4.98 Å². The number of carbonyl (C=O) groups is 1. The molecule has 1 aromatic carbocycles. The molecule has 3 rings (SSSR count). The van der Waals surface area contributed by atoms with Gasteiger partial charge in [-0.05, 0) is 32.0 Å². The first kappa shape index (κ1) is 16.5. The number of aromatic nitrogens is 2. The lowest BCUT2D eigenvalue weighted by Crippen LogP contribution is -2.15. The summed E-state index contributed by atoms with van der Waals surface area (Å²) in [4.78, 5) is 16.3. The highest BCUT2D eigenvalue weighted by atomic mass is 35.5. The predicted octanol–water partition coefficient (Wildman–Crippen LogP) is 2.06. The van der Waals surface area contributed by atoms with Crippen LogP contribution in [0, 0.1) is 6.92 Å². The Balaban J connectivity index is 0.00000176. The largest absolute Gasteiger partial charge is 0.339 e. The van der Waals surface area contributed by atoms with E-state index < -0.39 is 0 Å². The van der Waals surface area contributed by atoms with Crippen LogP contribution in [0.25, 0.3) is 0 Å². The number of nitrogens with zero attached hydrogens (tertiary/aromatic N) is 2. The van der Waals surface area contributed by atoms with Crippen molar-refractivity contribution in [3.63, 3.8) is 0 Å². The summed E-state index contributed by atoms with van der Waals surface area (Å²) in [6, 6.07) is 7.66. The van der Waals surface area contributed by atoms with Gasteiger partial charge >= 0.3 is 0 Å². The van der Waals surface area contributed by atoms with Crippen LogP contribution >= 0.6 is 12.4 Å². The number of rotatable bonds is 4. The SMILES string of the molecule is Cc1ccc(NC(=O)Cc2noc([C@H]3CCNC3)n2)cc1.Cl. The van der Waals surface area contributed by atoms with Crippen molar-refractivity contribution in [3.05, 3.63) is 41.5 Å². The fourth-order valence-corrected chi connectivity index (χ4v) is 2.36. The highest BCUT2D eigenvalue weighted by Crippen LogP contribution is 2.20. The molecule has 22 heavy (non-hydrogen) atoms. The van der Waals surface area contributed by atoms with Crippen LogP contribution in [0.1, 0.15) is 29.6 Å². The van der Waals surface area contributed by atoms with Crippen molar-refractivity contribution in [2.75, 3.05) is 18.4 Å². The third kappa shape index (κ3) is 4.05. The molecule has 0 saturated carbocycles. The smallest absolute Gasteiger partial charge is 0.232 e. The van der Waals surface area contributed by atoms with E-state index in [1.807, 2.05) is 31.2 Å². The zero-order valence-corrected chi connectivity index (χ0v) is 13.2. The van der Waals surface area contributed by atoms with Crippen LogP contribution in [0.15, 0.2) is 28.8 Å². The topological polar surface area (TPSA) is 80.0 Å². The van der Waals surface area contributed by atoms with E-state index in [2.05, 4.69) is 20.8 Å². The van der Waals surface area contributed by atoms with Gasteiger partial charge in [0.2, 0.25) is 11.8 Å². The fraction of sp³-hybridized carbons (Fsp3) is 0.400. The van der Waals surface area contributed by atoms with E-state index >= 15 is 0 Å². The zero-order chi connectivity index (χ0) is 14.7. The van der Waals surface area contributed by atoms with Gasteiger partial charge in [-0.15, -0.1) is 12.4 Å². The molecule has 1 saturated heterocycles. The molecule has 1 amide bonds. The Kier molecular flexibility index (Phi) is 5.51. The van der Waals surface area contributed by atoms with E-state index in [0.29, 0.717) is 11.7 Å². The van der Waals surface area contributed by atoms with Gasteiger partial charge in [-0.25, -0.2) is 0 Å². The second-order valence-electron chi connectivity index (χ2n) is 5.33. The first-order valence-corrected chi connectivity index (χ1v) is 7.10. The Morgan fingerprint density at radius 3 is 2.86 bits per heavy atom. The second-order valence-corrected chi connectivity index (χ2v) is 5.33. The summed E-state index contributed by atoms with van der Waals surface area (Å²) in [7, 11) is 0. The van der Waals surface area contributed by atoms with E-state index in [1.54, 1.807) is 0 Å². The molecule has 1 aliphatic heterocycles. The number of benzene rings is 1. The lowest BCUT2D eigenvalue weighted by Gasteiger charge is -2.03. The number of hydrogen-bond donors (Lipinski definition) is 2. The normalized spacial score (nSPS) is 17.0. The molecule has 0 radical (unpaired) electrons. The minimum Gasteiger partial charge on any atom is -0.339 e. The standard InChI is InChI=1S/C15H18N4O2.ClH/c1-10-2-4-12(5-3-10)17-14(20)8-13-18-15(21-19-13)11-6-7-16-9-11;/h2-5,11,16H,6-9H2,1H3,(H,17,20);1H/t11-;/m0./s1. The van der Waals surface area contributed by atoms with Crippen molar-refractivity contribution in [2.45, 2.75) is 25.7 Å². The van der Waals surface area contributed by atoms with Gasteiger partial charge in [-0.1, -0.05) is 22.9 Å². The molecule has 2 N–H and O–H groups in total. The molecule has 1 atom stereocenters. The van der Waals surface area contributed by atoms with Gasteiger partial charge in [0.05, 0.1) is 12.3 Å². The molecule has 1 aromatic heterocycles. The third-order valence-electron chi connectivity index (χ3n) is 3.55. The van der Waals surface area contributed by atoms with E-state index in [1.165, 1.54) is 0 Å². The molecule has 0 unspecified atom stereocenters. The summed E-state index contributed by atoms with van der Waals surface area (Å²) < 4.78 is 5.23. The molecule has 1 fully saturated rings. The fourth-order valence-electron chi connectivity index (χ4n) is 2.36. The number of anilines is 1. The van der Waals surface area contributed by atoms with Crippen LogP contribution in [0.5, 0.6) is 0 Å². The van der Waals surface area contributed by atoms with Crippen molar-refractivity contribution in [3.8, 4) is 0 Å². The molecule has 0 spiro atoms. The molecule has 118 valence electrons. The van der Waals surface area contributed by atoms with Crippen LogP contribution in [0.2, 0.25) is 0 Å². The van der Waals surface area contributed by atoms with Crippen molar-refractivity contribution in [1.29, 1.82) is 0 Å². The summed E-state index contributed by atoms with van der Waals surface area (Å²) in [6.45, 7) is 3.83. The van der Waals surface area contributed by atoms with Gasteiger partial charge in [0.25, 0.3) is 0 Å². The molecular formula is C15H19ClN4O2. The average molecular weight is 323 g/mol. The Morgan fingerprint density at radius 1 is 1.41 bits per heavy atom. The number of nitrogens with one attached hydrogen (secondary N) is 2. The summed E-state index contributed by atoms with van der Waals surface area (Å²) in [5, 5.41) is 9.96. The minimum atomic E-state index is -0.143. The summed E-state index contributed by atoms with van der Waals surface area (Å²) in [6.07, 6.45) is 1.12. The van der Waals surface area contributed by atoms with Gasteiger partial charge in [0.1, 0.15) is 0 Å².